The van der Waals surface area contributed by atoms with Crippen molar-refractivity contribution in [1.29, 1.82) is 0 Å². The number of hydrogen-bond acceptors (Lipinski definition) is 3. The maximum atomic E-state index is 9.41. The number of aliphatic hydroxyl groups excluding tert-OH is 1. The van der Waals surface area contributed by atoms with Gasteiger partial charge in [0.15, 0.2) is 0 Å². The molecule has 1 aromatic rings. The van der Waals surface area contributed by atoms with Crippen LogP contribution in [0, 0.1) is 5.92 Å². The molecular weight excluding hydrogens is 272 g/mol. The number of rotatable bonds is 5. The van der Waals surface area contributed by atoms with Crippen molar-refractivity contribution in [3.63, 3.8) is 0 Å². The molecule has 1 saturated heterocycles. The molecule has 0 aromatic heterocycles. The molecule has 1 aliphatic carbocycles. The van der Waals surface area contributed by atoms with Crippen molar-refractivity contribution < 1.29 is 5.11 Å². The van der Waals surface area contributed by atoms with E-state index in [2.05, 4.69) is 16.3 Å². The van der Waals surface area contributed by atoms with E-state index in [-0.39, 0.29) is 6.61 Å². The molecule has 2 N–H and O–H groups in total. The zero-order valence-electron chi connectivity index (χ0n) is 11.8. The predicted octanol–water partition coefficient (Wildman–Crippen LogP) is 2.80. The molecule has 1 aliphatic heterocycles. The lowest BCUT2D eigenvalue weighted by atomic mass is 9.97. The van der Waals surface area contributed by atoms with E-state index < -0.39 is 0 Å². The quantitative estimate of drug-likeness (QED) is 0.876. The molecule has 1 atom stereocenters. The van der Waals surface area contributed by atoms with E-state index in [0.717, 1.165) is 37.5 Å². The molecule has 20 heavy (non-hydrogen) atoms. The van der Waals surface area contributed by atoms with Gasteiger partial charge in [-0.2, -0.15) is 0 Å². The first-order chi connectivity index (χ1) is 9.78. The highest BCUT2D eigenvalue weighted by Gasteiger charge is 2.24. The zero-order valence-corrected chi connectivity index (χ0v) is 12.6. The molecule has 1 aromatic carbocycles. The second-order valence-electron chi connectivity index (χ2n) is 6.04. The minimum absolute atomic E-state index is 0.274. The molecule has 2 fully saturated rings. The molecule has 0 amide bonds. The summed E-state index contributed by atoms with van der Waals surface area (Å²) in [5.41, 5.74) is 2.45. The van der Waals surface area contributed by atoms with Crippen LogP contribution in [-0.4, -0.2) is 30.8 Å². The first-order valence-electron chi connectivity index (χ1n) is 7.64. The second kappa shape index (κ2) is 6.33. The topological polar surface area (TPSA) is 35.5 Å². The van der Waals surface area contributed by atoms with Crippen molar-refractivity contribution in [1.82, 2.24) is 5.32 Å². The Kier molecular flexibility index (Phi) is 4.49. The summed E-state index contributed by atoms with van der Waals surface area (Å²) in [6.45, 7) is 3.12. The molecule has 110 valence electrons. The fraction of sp³-hybridized carbons (Fsp3) is 0.625. The summed E-state index contributed by atoms with van der Waals surface area (Å²) in [5.74, 6) is 0.379. The highest BCUT2D eigenvalue weighted by atomic mass is 35.5. The highest BCUT2D eigenvalue weighted by molar-refractivity contribution is 6.33. The standard InChI is InChI=1S/C16H23ClN2O/c17-15-5-1-4-13(9-18-14-6-7-14)16(15)19-8-2-3-12(10-19)11-20/h1,4-5,12,14,18,20H,2-3,6-11H2. The molecule has 3 rings (SSSR count). The summed E-state index contributed by atoms with van der Waals surface area (Å²) in [4.78, 5) is 2.36. The summed E-state index contributed by atoms with van der Waals surface area (Å²) in [5, 5.41) is 13.8. The van der Waals surface area contributed by atoms with E-state index in [1.165, 1.54) is 24.1 Å². The lowest BCUT2D eigenvalue weighted by molar-refractivity contribution is 0.208. The van der Waals surface area contributed by atoms with Crippen molar-refractivity contribution in [2.24, 2.45) is 5.92 Å². The molecule has 4 heteroatoms. The molecule has 2 aliphatic rings. The highest BCUT2D eigenvalue weighted by Crippen LogP contribution is 2.33. The Morgan fingerprint density at radius 2 is 2.15 bits per heavy atom. The van der Waals surface area contributed by atoms with Crippen LogP contribution < -0.4 is 10.2 Å². The van der Waals surface area contributed by atoms with Crippen LogP contribution in [0.4, 0.5) is 5.69 Å². The van der Waals surface area contributed by atoms with Gasteiger partial charge in [-0.05, 0) is 43.2 Å². The number of anilines is 1. The maximum Gasteiger partial charge on any atom is 0.0642 e. The fourth-order valence-electron chi connectivity index (χ4n) is 3.02. The van der Waals surface area contributed by atoms with Gasteiger partial charge in [-0.3, -0.25) is 0 Å². The van der Waals surface area contributed by atoms with Gasteiger partial charge in [-0.15, -0.1) is 0 Å². The Balaban J connectivity index is 1.78. The first kappa shape index (κ1) is 14.2. The SMILES string of the molecule is OCC1CCCN(c2c(Cl)cccc2CNC2CC2)C1. The fourth-order valence-corrected chi connectivity index (χ4v) is 3.33. The Morgan fingerprint density at radius 3 is 2.90 bits per heavy atom. The second-order valence-corrected chi connectivity index (χ2v) is 6.45. The van der Waals surface area contributed by atoms with Crippen molar-refractivity contribution >= 4 is 17.3 Å². The van der Waals surface area contributed by atoms with E-state index >= 15 is 0 Å². The molecule has 1 unspecified atom stereocenters. The van der Waals surface area contributed by atoms with Gasteiger partial charge in [-0.25, -0.2) is 0 Å². The van der Waals surface area contributed by atoms with Gasteiger partial charge in [0.1, 0.15) is 0 Å². The van der Waals surface area contributed by atoms with Crippen molar-refractivity contribution in [3.05, 3.63) is 28.8 Å². The maximum absolute atomic E-state index is 9.41. The third-order valence-corrected chi connectivity index (χ3v) is 4.63. The van der Waals surface area contributed by atoms with Gasteiger partial charge in [0.05, 0.1) is 10.7 Å². The third-order valence-electron chi connectivity index (χ3n) is 4.32. The van der Waals surface area contributed by atoms with Crippen LogP contribution in [0.15, 0.2) is 18.2 Å². The van der Waals surface area contributed by atoms with E-state index in [1.807, 2.05) is 12.1 Å². The summed E-state index contributed by atoms with van der Waals surface area (Å²) < 4.78 is 0. The molecule has 1 heterocycles. The lowest BCUT2D eigenvalue weighted by Crippen LogP contribution is -2.37. The van der Waals surface area contributed by atoms with Gasteiger partial charge in [0.2, 0.25) is 0 Å². The molecule has 3 nitrogen and oxygen atoms in total. The summed E-state index contributed by atoms with van der Waals surface area (Å²) in [6.07, 6.45) is 4.84. The average Bonchev–Trinajstić information content (AvgIpc) is 3.29. The van der Waals surface area contributed by atoms with E-state index in [9.17, 15) is 5.11 Å². The Hall–Kier alpha value is -0.770. The number of hydrogen-bond donors (Lipinski definition) is 2. The van der Waals surface area contributed by atoms with E-state index in [4.69, 9.17) is 11.6 Å². The van der Waals surface area contributed by atoms with Gasteiger partial charge >= 0.3 is 0 Å². The molecule has 0 spiro atoms. The Labute approximate surface area is 125 Å². The number of para-hydroxylation sites is 1. The van der Waals surface area contributed by atoms with Crippen molar-refractivity contribution in [2.75, 3.05) is 24.6 Å². The van der Waals surface area contributed by atoms with Crippen LogP contribution >= 0.6 is 11.6 Å². The monoisotopic (exact) mass is 294 g/mol. The smallest absolute Gasteiger partial charge is 0.0642 e. The number of nitrogens with zero attached hydrogens (tertiary/aromatic N) is 1. The van der Waals surface area contributed by atoms with Crippen LogP contribution in [0.5, 0.6) is 0 Å². The van der Waals surface area contributed by atoms with Crippen molar-refractivity contribution in [2.45, 2.75) is 38.3 Å². The van der Waals surface area contributed by atoms with E-state index in [0.29, 0.717) is 12.0 Å². The number of piperidine rings is 1. The molecule has 1 saturated carbocycles. The van der Waals surface area contributed by atoms with Crippen LogP contribution in [0.3, 0.4) is 0 Å². The van der Waals surface area contributed by atoms with Gasteiger partial charge in [0, 0.05) is 32.3 Å². The zero-order chi connectivity index (χ0) is 13.9. The largest absolute Gasteiger partial charge is 0.396 e. The van der Waals surface area contributed by atoms with Gasteiger partial charge < -0.3 is 15.3 Å². The summed E-state index contributed by atoms with van der Waals surface area (Å²) in [7, 11) is 0. The van der Waals surface area contributed by atoms with Gasteiger partial charge in [-0.1, -0.05) is 23.7 Å². The average molecular weight is 295 g/mol. The van der Waals surface area contributed by atoms with Crippen LogP contribution in [-0.2, 0) is 6.54 Å². The molecule has 0 radical (unpaired) electrons. The molecular formula is C16H23ClN2O. The minimum Gasteiger partial charge on any atom is -0.396 e. The first-order valence-corrected chi connectivity index (χ1v) is 8.02. The summed E-state index contributed by atoms with van der Waals surface area (Å²) in [6, 6.07) is 6.87. The Morgan fingerprint density at radius 1 is 1.30 bits per heavy atom. The van der Waals surface area contributed by atoms with Gasteiger partial charge in [0.25, 0.3) is 0 Å². The third kappa shape index (κ3) is 3.27. The van der Waals surface area contributed by atoms with Crippen LogP contribution in [0.2, 0.25) is 5.02 Å². The number of benzene rings is 1. The lowest BCUT2D eigenvalue weighted by Gasteiger charge is -2.35. The number of halogens is 1. The number of aliphatic hydroxyl groups is 1. The van der Waals surface area contributed by atoms with Crippen LogP contribution in [0.1, 0.15) is 31.2 Å². The van der Waals surface area contributed by atoms with Crippen LogP contribution in [0.25, 0.3) is 0 Å². The Bertz CT molecular complexity index is 462. The number of nitrogens with one attached hydrogen (secondary N) is 1. The van der Waals surface area contributed by atoms with E-state index in [1.54, 1.807) is 0 Å². The summed E-state index contributed by atoms with van der Waals surface area (Å²) >= 11 is 6.45. The predicted molar refractivity (Wildman–Crippen MR) is 83.3 cm³/mol. The minimum atomic E-state index is 0.274. The molecule has 0 bridgehead atoms. The normalized spacial score (nSPS) is 23.1. The van der Waals surface area contributed by atoms with Crippen molar-refractivity contribution in [3.8, 4) is 0 Å².